The second-order valence-electron chi connectivity index (χ2n) is 5.38. The van der Waals surface area contributed by atoms with E-state index >= 15 is 0 Å². The van der Waals surface area contributed by atoms with E-state index in [1.165, 1.54) is 0 Å². The molecule has 6 heteroatoms. The summed E-state index contributed by atoms with van der Waals surface area (Å²) in [5.74, 6) is 2.43. The first-order valence-corrected chi connectivity index (χ1v) is 8.61. The first-order valence-electron chi connectivity index (χ1n) is 7.86. The van der Waals surface area contributed by atoms with E-state index in [1.807, 2.05) is 25.1 Å². The van der Waals surface area contributed by atoms with Crippen LogP contribution < -0.4 is 10.6 Å². The predicted octanol–water partition coefficient (Wildman–Crippen LogP) is 4.96. The van der Waals surface area contributed by atoms with Crippen LogP contribution in [-0.4, -0.2) is 23.1 Å². The van der Waals surface area contributed by atoms with Gasteiger partial charge in [-0.3, -0.25) is 0 Å². The summed E-state index contributed by atoms with van der Waals surface area (Å²) in [6.07, 6.45) is 3.09. The van der Waals surface area contributed by atoms with Gasteiger partial charge in [0, 0.05) is 29.2 Å². The van der Waals surface area contributed by atoms with Gasteiger partial charge in [0.15, 0.2) is 0 Å². The molecule has 2 rings (SSSR count). The molecule has 0 aliphatic heterocycles. The minimum absolute atomic E-state index is 0.654. The van der Waals surface area contributed by atoms with E-state index in [0.29, 0.717) is 10.0 Å². The van der Waals surface area contributed by atoms with Crippen LogP contribution in [0.5, 0.6) is 0 Å². The van der Waals surface area contributed by atoms with Crippen LogP contribution in [0.15, 0.2) is 24.3 Å². The number of nitrogens with zero attached hydrogens (tertiary/aromatic N) is 2. The molecule has 1 heterocycles. The molecule has 124 valence electrons. The monoisotopic (exact) mass is 352 g/mol. The van der Waals surface area contributed by atoms with Crippen molar-refractivity contribution in [1.29, 1.82) is 0 Å². The number of aromatic nitrogens is 2. The van der Waals surface area contributed by atoms with Crippen LogP contribution >= 0.6 is 23.2 Å². The van der Waals surface area contributed by atoms with Gasteiger partial charge in [-0.25, -0.2) is 9.97 Å². The average molecular weight is 353 g/mol. The van der Waals surface area contributed by atoms with E-state index in [9.17, 15) is 0 Å². The molecule has 0 saturated carbocycles. The van der Waals surface area contributed by atoms with E-state index < -0.39 is 0 Å². The fraction of sp³-hybridized carbons (Fsp3) is 0.412. The molecule has 0 fully saturated rings. The summed E-state index contributed by atoms with van der Waals surface area (Å²) in [4.78, 5) is 8.81. The third kappa shape index (κ3) is 5.88. The van der Waals surface area contributed by atoms with Crippen LogP contribution in [0, 0.1) is 6.92 Å². The van der Waals surface area contributed by atoms with Gasteiger partial charge in [0.25, 0.3) is 0 Å². The van der Waals surface area contributed by atoms with E-state index in [2.05, 4.69) is 27.5 Å². The maximum atomic E-state index is 6.18. The molecule has 1 aromatic heterocycles. The Hall–Kier alpha value is -1.52. The quantitative estimate of drug-likeness (QED) is 0.659. The molecule has 0 amide bonds. The number of hydrogen-bond acceptors (Lipinski definition) is 4. The maximum Gasteiger partial charge on any atom is 0.131 e. The van der Waals surface area contributed by atoms with Crippen molar-refractivity contribution in [2.24, 2.45) is 0 Å². The lowest BCUT2D eigenvalue weighted by Crippen LogP contribution is -2.10. The van der Waals surface area contributed by atoms with Crippen LogP contribution in [0.1, 0.15) is 31.2 Å². The SMILES string of the molecule is CCCCNc1cc(NCCc2ccc(Cl)cc2Cl)nc(C)n1. The molecule has 0 bridgehead atoms. The Morgan fingerprint density at radius 1 is 1.00 bits per heavy atom. The number of hydrogen-bond donors (Lipinski definition) is 2. The molecule has 0 saturated heterocycles. The largest absolute Gasteiger partial charge is 0.370 e. The van der Waals surface area contributed by atoms with Crippen molar-refractivity contribution < 1.29 is 0 Å². The van der Waals surface area contributed by atoms with Gasteiger partial charge in [0.1, 0.15) is 17.5 Å². The number of anilines is 2. The molecular weight excluding hydrogens is 331 g/mol. The predicted molar refractivity (Wildman–Crippen MR) is 98.8 cm³/mol. The maximum absolute atomic E-state index is 6.18. The second-order valence-corrected chi connectivity index (χ2v) is 6.22. The molecule has 4 nitrogen and oxygen atoms in total. The molecule has 23 heavy (non-hydrogen) atoms. The highest BCUT2D eigenvalue weighted by Crippen LogP contribution is 2.21. The average Bonchev–Trinajstić information content (AvgIpc) is 2.49. The third-order valence-electron chi connectivity index (χ3n) is 3.39. The summed E-state index contributed by atoms with van der Waals surface area (Å²) in [7, 11) is 0. The molecule has 0 radical (unpaired) electrons. The molecule has 1 aromatic carbocycles. The fourth-order valence-electron chi connectivity index (χ4n) is 2.19. The highest BCUT2D eigenvalue weighted by Gasteiger charge is 2.04. The summed E-state index contributed by atoms with van der Waals surface area (Å²) < 4.78 is 0. The van der Waals surface area contributed by atoms with Gasteiger partial charge in [0.2, 0.25) is 0 Å². The Labute approximate surface area is 147 Å². The standard InChI is InChI=1S/C17H22Cl2N4/c1-3-4-8-20-16-11-17(23-12(2)22-16)21-9-7-13-5-6-14(18)10-15(13)19/h5-6,10-11H,3-4,7-9H2,1-2H3,(H2,20,21,22,23). The molecule has 0 aliphatic carbocycles. The van der Waals surface area contributed by atoms with Crippen LogP contribution in [0.4, 0.5) is 11.6 Å². The smallest absolute Gasteiger partial charge is 0.131 e. The van der Waals surface area contributed by atoms with Crippen molar-refractivity contribution in [2.45, 2.75) is 33.1 Å². The van der Waals surface area contributed by atoms with Crippen molar-refractivity contribution in [2.75, 3.05) is 23.7 Å². The summed E-state index contributed by atoms with van der Waals surface area (Å²) >= 11 is 12.1. The lowest BCUT2D eigenvalue weighted by Gasteiger charge is -2.10. The van der Waals surface area contributed by atoms with Crippen molar-refractivity contribution in [3.63, 3.8) is 0 Å². The first-order chi connectivity index (χ1) is 11.1. The zero-order valence-electron chi connectivity index (χ0n) is 13.5. The number of nitrogens with one attached hydrogen (secondary N) is 2. The highest BCUT2D eigenvalue weighted by atomic mass is 35.5. The Bertz CT molecular complexity index is 646. The number of benzene rings is 1. The number of aryl methyl sites for hydroxylation is 1. The van der Waals surface area contributed by atoms with Crippen LogP contribution in [0.25, 0.3) is 0 Å². The van der Waals surface area contributed by atoms with E-state index in [1.54, 1.807) is 6.07 Å². The van der Waals surface area contributed by atoms with Gasteiger partial charge in [-0.05, 0) is 37.5 Å². The lowest BCUT2D eigenvalue weighted by atomic mass is 10.1. The minimum atomic E-state index is 0.654. The van der Waals surface area contributed by atoms with Crippen molar-refractivity contribution >= 4 is 34.8 Å². The van der Waals surface area contributed by atoms with Gasteiger partial charge in [0.05, 0.1) is 0 Å². The fourth-order valence-corrected chi connectivity index (χ4v) is 2.69. The Kier molecular flexibility index (Phi) is 6.93. The molecular formula is C17H22Cl2N4. The highest BCUT2D eigenvalue weighted by molar-refractivity contribution is 6.35. The number of rotatable bonds is 8. The molecule has 0 spiro atoms. The van der Waals surface area contributed by atoms with E-state index in [0.717, 1.165) is 55.4 Å². The third-order valence-corrected chi connectivity index (χ3v) is 3.98. The Balaban J connectivity index is 1.92. The van der Waals surface area contributed by atoms with Crippen LogP contribution in [-0.2, 0) is 6.42 Å². The van der Waals surface area contributed by atoms with E-state index in [-0.39, 0.29) is 0 Å². The number of halogens is 2. The van der Waals surface area contributed by atoms with Crippen molar-refractivity contribution in [3.05, 3.63) is 45.7 Å². The summed E-state index contributed by atoms with van der Waals surface area (Å²) in [6.45, 7) is 5.73. The second kappa shape index (κ2) is 8.94. The molecule has 0 atom stereocenters. The normalized spacial score (nSPS) is 10.6. The number of unbranched alkanes of at least 4 members (excludes halogenated alkanes) is 1. The van der Waals surface area contributed by atoms with Gasteiger partial charge >= 0.3 is 0 Å². The summed E-state index contributed by atoms with van der Waals surface area (Å²) in [6, 6.07) is 7.51. The van der Waals surface area contributed by atoms with Crippen molar-refractivity contribution in [1.82, 2.24) is 9.97 Å². The Morgan fingerprint density at radius 3 is 2.35 bits per heavy atom. The van der Waals surface area contributed by atoms with Gasteiger partial charge in [-0.2, -0.15) is 0 Å². The zero-order chi connectivity index (χ0) is 16.7. The van der Waals surface area contributed by atoms with Crippen LogP contribution in [0.2, 0.25) is 10.0 Å². The van der Waals surface area contributed by atoms with Gasteiger partial charge < -0.3 is 10.6 Å². The zero-order valence-corrected chi connectivity index (χ0v) is 15.0. The van der Waals surface area contributed by atoms with E-state index in [4.69, 9.17) is 23.2 Å². The Morgan fingerprint density at radius 2 is 1.70 bits per heavy atom. The summed E-state index contributed by atoms with van der Waals surface area (Å²) in [5, 5.41) is 8.00. The lowest BCUT2D eigenvalue weighted by molar-refractivity contribution is 0.829. The van der Waals surface area contributed by atoms with Crippen LogP contribution in [0.3, 0.4) is 0 Å². The molecule has 2 N–H and O–H groups in total. The topological polar surface area (TPSA) is 49.8 Å². The van der Waals surface area contributed by atoms with Crippen molar-refractivity contribution in [3.8, 4) is 0 Å². The van der Waals surface area contributed by atoms with Gasteiger partial charge in [-0.1, -0.05) is 42.6 Å². The minimum Gasteiger partial charge on any atom is -0.370 e. The first kappa shape index (κ1) is 17.8. The van der Waals surface area contributed by atoms with Gasteiger partial charge in [-0.15, -0.1) is 0 Å². The summed E-state index contributed by atoms with van der Waals surface area (Å²) in [5.41, 5.74) is 1.07. The molecule has 0 unspecified atom stereocenters. The molecule has 2 aromatic rings. The molecule has 0 aliphatic rings.